The highest BCUT2D eigenvalue weighted by atomic mass is 32.2. The van der Waals surface area contributed by atoms with Crippen molar-refractivity contribution in [3.8, 4) is 5.75 Å². The molecule has 0 saturated heterocycles. The number of hydrogen-bond acceptors (Lipinski definition) is 5. The lowest BCUT2D eigenvalue weighted by Gasteiger charge is -2.12. The Morgan fingerprint density at radius 3 is 2.31 bits per heavy atom. The molecule has 0 radical (unpaired) electrons. The minimum Gasteiger partial charge on any atom is -0.378 e. The van der Waals surface area contributed by atoms with Crippen LogP contribution in [0.25, 0.3) is 11.0 Å². The third kappa shape index (κ3) is 4.02. The van der Waals surface area contributed by atoms with Gasteiger partial charge in [-0.15, -0.1) is 0 Å². The number of amides is 1. The Balaban J connectivity index is 1.61. The van der Waals surface area contributed by atoms with Gasteiger partial charge in [-0.1, -0.05) is 42.5 Å². The van der Waals surface area contributed by atoms with Gasteiger partial charge in [-0.25, -0.2) is 4.79 Å². The van der Waals surface area contributed by atoms with E-state index in [9.17, 15) is 18.0 Å². The first-order chi connectivity index (χ1) is 15.3. The average molecular weight is 452 g/mol. The van der Waals surface area contributed by atoms with E-state index in [1.165, 1.54) is 33.4 Å². The molecule has 1 aromatic heterocycles. The molecule has 8 nitrogen and oxygen atoms in total. The minimum absolute atomic E-state index is 0.0832. The Bertz CT molecular complexity index is 1470. The maximum absolute atomic E-state index is 13.0. The lowest BCUT2D eigenvalue weighted by molar-refractivity contribution is 0.0949. The molecule has 0 fully saturated rings. The summed E-state index contributed by atoms with van der Waals surface area (Å²) >= 11 is 0. The first-order valence-corrected chi connectivity index (χ1v) is 11.2. The fourth-order valence-electron chi connectivity index (χ4n) is 3.41. The maximum Gasteiger partial charge on any atom is 0.339 e. The number of hydrogen-bond donors (Lipinski definition) is 1. The van der Waals surface area contributed by atoms with Gasteiger partial charge in [-0.3, -0.25) is 13.9 Å². The molecule has 9 heteroatoms. The van der Waals surface area contributed by atoms with Gasteiger partial charge >= 0.3 is 15.8 Å². The Labute approximate surface area is 184 Å². The molecule has 0 aliphatic rings. The van der Waals surface area contributed by atoms with Crippen molar-refractivity contribution in [1.82, 2.24) is 14.5 Å². The van der Waals surface area contributed by atoms with Crippen molar-refractivity contribution in [2.24, 2.45) is 14.1 Å². The molecule has 1 N–H and O–H groups in total. The third-order valence-electron chi connectivity index (χ3n) is 5.16. The molecule has 0 aliphatic heterocycles. The zero-order valence-corrected chi connectivity index (χ0v) is 18.3. The smallest absolute Gasteiger partial charge is 0.339 e. The predicted molar refractivity (Wildman–Crippen MR) is 120 cm³/mol. The van der Waals surface area contributed by atoms with Gasteiger partial charge in [0.1, 0.15) is 4.90 Å². The highest BCUT2D eigenvalue weighted by Crippen LogP contribution is 2.25. The van der Waals surface area contributed by atoms with E-state index in [0.29, 0.717) is 17.6 Å². The van der Waals surface area contributed by atoms with Crippen molar-refractivity contribution in [3.63, 3.8) is 0 Å². The van der Waals surface area contributed by atoms with Gasteiger partial charge in [0.15, 0.2) is 5.75 Å². The highest BCUT2D eigenvalue weighted by Gasteiger charge is 2.22. The second kappa shape index (κ2) is 8.35. The minimum atomic E-state index is -4.25. The topological polar surface area (TPSA) is 99.4 Å². The Morgan fingerprint density at radius 1 is 0.906 bits per heavy atom. The second-order valence-corrected chi connectivity index (χ2v) is 8.80. The van der Waals surface area contributed by atoms with Crippen LogP contribution in [0.5, 0.6) is 5.75 Å². The molecule has 164 valence electrons. The van der Waals surface area contributed by atoms with Gasteiger partial charge in [0.05, 0.1) is 16.6 Å². The summed E-state index contributed by atoms with van der Waals surface area (Å²) in [6.45, 7) is 0.291. The summed E-state index contributed by atoms with van der Waals surface area (Å²) in [5.74, 6) is -0.541. The van der Waals surface area contributed by atoms with Gasteiger partial charge in [-0.05, 0) is 35.9 Å². The van der Waals surface area contributed by atoms with Crippen LogP contribution in [0, 0.1) is 0 Å². The monoisotopic (exact) mass is 451 g/mol. The number of rotatable bonds is 6. The molecule has 4 aromatic rings. The normalized spacial score (nSPS) is 11.4. The standard InChI is InChI=1S/C23H21N3O5S/c1-25-19-13-12-17(14-20(19)26(2)23(25)28)32(29,30)31-21-11-7-6-10-18(21)22(27)24-15-16-8-4-3-5-9-16/h3-14H,15H2,1-2H3,(H,24,27). The fraction of sp³-hybridized carbons (Fsp3) is 0.130. The number of aromatic nitrogens is 2. The number of carbonyl (C=O) groups is 1. The molecule has 0 saturated carbocycles. The Morgan fingerprint density at radius 2 is 1.56 bits per heavy atom. The van der Waals surface area contributed by atoms with Gasteiger partial charge in [0.25, 0.3) is 5.91 Å². The molecule has 1 heterocycles. The van der Waals surface area contributed by atoms with Crippen LogP contribution in [-0.2, 0) is 30.8 Å². The third-order valence-corrected chi connectivity index (χ3v) is 6.39. The van der Waals surface area contributed by atoms with E-state index in [1.54, 1.807) is 32.3 Å². The van der Waals surface area contributed by atoms with Crippen molar-refractivity contribution in [2.75, 3.05) is 0 Å². The van der Waals surface area contributed by atoms with Crippen molar-refractivity contribution in [1.29, 1.82) is 0 Å². The summed E-state index contributed by atoms with van der Waals surface area (Å²) < 4.78 is 34.0. The van der Waals surface area contributed by atoms with Gasteiger partial charge in [0, 0.05) is 20.6 Å². The summed E-state index contributed by atoms with van der Waals surface area (Å²) in [7, 11) is -1.08. The average Bonchev–Trinajstić information content (AvgIpc) is 3.02. The molecule has 0 spiro atoms. The van der Waals surface area contributed by atoms with E-state index in [-0.39, 0.29) is 21.9 Å². The van der Waals surface area contributed by atoms with E-state index in [1.807, 2.05) is 30.3 Å². The zero-order valence-electron chi connectivity index (χ0n) is 17.5. The number of nitrogens with one attached hydrogen (secondary N) is 1. The lowest BCUT2D eigenvalue weighted by Crippen LogP contribution is -2.24. The molecule has 1 amide bonds. The predicted octanol–water partition coefficient (Wildman–Crippen LogP) is 2.57. The van der Waals surface area contributed by atoms with Crippen molar-refractivity contribution in [3.05, 3.63) is 94.4 Å². The van der Waals surface area contributed by atoms with Crippen LogP contribution in [0.1, 0.15) is 15.9 Å². The van der Waals surface area contributed by atoms with Crippen molar-refractivity contribution in [2.45, 2.75) is 11.4 Å². The van der Waals surface area contributed by atoms with Gasteiger partial charge in [0.2, 0.25) is 0 Å². The quantitative estimate of drug-likeness (QED) is 0.454. The van der Waals surface area contributed by atoms with Crippen LogP contribution in [0.4, 0.5) is 0 Å². The summed E-state index contributed by atoms with van der Waals surface area (Å²) in [6, 6.07) is 19.8. The van der Waals surface area contributed by atoms with E-state index in [2.05, 4.69) is 5.32 Å². The van der Waals surface area contributed by atoms with Crippen LogP contribution in [0.3, 0.4) is 0 Å². The largest absolute Gasteiger partial charge is 0.378 e. The van der Waals surface area contributed by atoms with Crippen molar-refractivity contribution < 1.29 is 17.4 Å². The molecule has 32 heavy (non-hydrogen) atoms. The summed E-state index contributed by atoms with van der Waals surface area (Å²) in [5, 5.41) is 2.77. The summed E-state index contributed by atoms with van der Waals surface area (Å²) in [6.07, 6.45) is 0. The number of carbonyl (C=O) groups excluding carboxylic acids is 1. The maximum atomic E-state index is 13.0. The van der Waals surface area contributed by atoms with Crippen molar-refractivity contribution >= 4 is 27.1 Å². The number of fused-ring (bicyclic) bond motifs is 1. The van der Waals surface area contributed by atoms with E-state index in [4.69, 9.17) is 4.18 Å². The fourth-order valence-corrected chi connectivity index (χ4v) is 4.38. The second-order valence-electron chi connectivity index (χ2n) is 7.25. The molecule has 4 rings (SSSR count). The van der Waals surface area contributed by atoms with Crippen LogP contribution in [0.15, 0.2) is 82.5 Å². The summed E-state index contributed by atoms with van der Waals surface area (Å²) in [5.41, 5.74) is 1.79. The first kappa shape index (κ1) is 21.4. The first-order valence-electron chi connectivity index (χ1n) is 9.79. The molecule has 3 aromatic carbocycles. The SMILES string of the molecule is Cn1c(=O)n(C)c2cc(S(=O)(=O)Oc3ccccc3C(=O)NCc3ccccc3)ccc21. The lowest BCUT2D eigenvalue weighted by atomic mass is 10.1. The van der Waals surface area contributed by atoms with E-state index in [0.717, 1.165) is 5.56 Å². The molecular weight excluding hydrogens is 430 g/mol. The molecule has 0 aliphatic carbocycles. The van der Waals surface area contributed by atoms with Crippen LogP contribution < -0.4 is 15.2 Å². The number of para-hydroxylation sites is 1. The van der Waals surface area contributed by atoms with Gasteiger partial charge < -0.3 is 9.50 Å². The van der Waals surface area contributed by atoms with Gasteiger partial charge in [-0.2, -0.15) is 8.42 Å². The summed E-state index contributed by atoms with van der Waals surface area (Å²) in [4.78, 5) is 24.7. The highest BCUT2D eigenvalue weighted by molar-refractivity contribution is 7.87. The molecule has 0 atom stereocenters. The van der Waals surface area contributed by atoms with Crippen LogP contribution >= 0.6 is 0 Å². The number of aryl methyl sites for hydroxylation is 2. The van der Waals surface area contributed by atoms with E-state index < -0.39 is 16.0 Å². The van der Waals surface area contributed by atoms with Crippen LogP contribution in [0.2, 0.25) is 0 Å². The number of nitrogens with zero attached hydrogens (tertiary/aromatic N) is 2. The molecule has 0 unspecified atom stereocenters. The Hall–Kier alpha value is -3.85. The van der Waals surface area contributed by atoms with Crippen LogP contribution in [-0.4, -0.2) is 23.5 Å². The number of imidazole rings is 1. The van der Waals surface area contributed by atoms with E-state index >= 15 is 0 Å². The number of benzene rings is 3. The zero-order chi connectivity index (χ0) is 22.9. The molecule has 0 bridgehead atoms. The Kier molecular flexibility index (Phi) is 5.58. The molecular formula is C23H21N3O5S.